The molecule has 0 fully saturated rings. The van der Waals surface area contributed by atoms with Crippen LogP contribution in [0.15, 0.2) is 114 Å². The van der Waals surface area contributed by atoms with E-state index in [2.05, 4.69) is 41.2 Å². The van der Waals surface area contributed by atoms with Crippen molar-refractivity contribution in [1.29, 1.82) is 0 Å². The fourth-order valence-electron chi connectivity index (χ4n) is 5.17. The zero-order valence-corrected chi connectivity index (χ0v) is 30.3. The summed E-state index contributed by atoms with van der Waals surface area (Å²) in [4.78, 5) is 45.3. The predicted molar refractivity (Wildman–Crippen MR) is 203 cm³/mol. The normalized spacial score (nSPS) is 12.0. The molecule has 2 heterocycles. The Bertz CT molecular complexity index is 1990. The number of carbonyl (C=O) groups excluding carboxylic acids is 3. The number of nitrogens with zero attached hydrogens (tertiary/aromatic N) is 6. The van der Waals surface area contributed by atoms with Crippen LogP contribution in [0.5, 0.6) is 0 Å². The Kier molecular flexibility index (Phi) is 14.6. The first-order chi connectivity index (χ1) is 25.4. The molecule has 274 valence electrons. The third-order valence-electron chi connectivity index (χ3n) is 8.01. The maximum absolute atomic E-state index is 12.8. The van der Waals surface area contributed by atoms with Gasteiger partial charge in [-0.2, -0.15) is 15.3 Å². The SMILES string of the molecule is CC(C)CC(NC(=O)C(Cc1ccccc1)NC(=O)c1cnccn1)B(O)O.Cc1ccccc1N=Nc1ccc(NC(=O)c2ccnn2C)c(C)c1. The van der Waals surface area contributed by atoms with E-state index in [0.717, 1.165) is 33.8 Å². The lowest BCUT2D eigenvalue weighted by molar-refractivity contribution is -0.123. The molecule has 0 spiro atoms. The first-order valence-electron chi connectivity index (χ1n) is 17.1. The number of azo groups is 1. The van der Waals surface area contributed by atoms with E-state index in [0.29, 0.717) is 12.1 Å². The molecule has 0 radical (unpaired) electrons. The lowest BCUT2D eigenvalue weighted by atomic mass is 9.75. The molecule has 3 aromatic carbocycles. The summed E-state index contributed by atoms with van der Waals surface area (Å²) in [5, 5.41) is 39.9. The third kappa shape index (κ3) is 12.3. The summed E-state index contributed by atoms with van der Waals surface area (Å²) in [6, 6.07) is 23.4. The highest BCUT2D eigenvalue weighted by Gasteiger charge is 2.30. The lowest BCUT2D eigenvalue weighted by Gasteiger charge is -2.24. The Morgan fingerprint density at radius 2 is 1.58 bits per heavy atom. The van der Waals surface area contributed by atoms with Crippen molar-refractivity contribution in [3.63, 3.8) is 0 Å². The second-order valence-corrected chi connectivity index (χ2v) is 12.7. The zero-order valence-electron chi connectivity index (χ0n) is 30.3. The summed E-state index contributed by atoms with van der Waals surface area (Å²) in [6.07, 6.45) is 6.38. The molecule has 0 aliphatic heterocycles. The van der Waals surface area contributed by atoms with Gasteiger partial charge in [-0.05, 0) is 73.2 Å². The highest BCUT2D eigenvalue weighted by Crippen LogP contribution is 2.25. The largest absolute Gasteiger partial charge is 0.475 e. The van der Waals surface area contributed by atoms with Crippen molar-refractivity contribution in [2.24, 2.45) is 23.2 Å². The summed E-state index contributed by atoms with van der Waals surface area (Å²) in [6.45, 7) is 7.75. The molecule has 0 aliphatic rings. The van der Waals surface area contributed by atoms with E-state index < -0.39 is 30.9 Å². The van der Waals surface area contributed by atoms with Crippen LogP contribution in [0.25, 0.3) is 0 Å². The minimum absolute atomic E-state index is 0.0919. The van der Waals surface area contributed by atoms with Crippen LogP contribution in [-0.2, 0) is 18.3 Å². The van der Waals surface area contributed by atoms with Crippen LogP contribution in [0.2, 0.25) is 0 Å². The maximum Gasteiger partial charge on any atom is 0.475 e. The number of hydrogen-bond donors (Lipinski definition) is 5. The van der Waals surface area contributed by atoms with E-state index in [9.17, 15) is 24.4 Å². The molecule has 2 atom stereocenters. The van der Waals surface area contributed by atoms with Crippen LogP contribution in [0.1, 0.15) is 57.9 Å². The topological polar surface area (TPSA) is 196 Å². The molecule has 5 aromatic rings. The molecule has 14 nitrogen and oxygen atoms in total. The van der Waals surface area contributed by atoms with Gasteiger partial charge in [-0.1, -0.05) is 62.4 Å². The number of benzene rings is 3. The average molecular weight is 718 g/mol. The number of amides is 3. The van der Waals surface area contributed by atoms with Gasteiger partial charge in [0.1, 0.15) is 17.4 Å². The fraction of sp³-hybridized carbons (Fsp3) is 0.263. The van der Waals surface area contributed by atoms with Gasteiger partial charge in [0.2, 0.25) is 5.91 Å². The van der Waals surface area contributed by atoms with Gasteiger partial charge in [0.05, 0.1) is 23.5 Å². The van der Waals surface area contributed by atoms with Gasteiger partial charge in [0.25, 0.3) is 11.8 Å². The van der Waals surface area contributed by atoms with Crippen LogP contribution in [0.4, 0.5) is 17.1 Å². The molecule has 0 bridgehead atoms. The molecule has 5 N–H and O–H groups in total. The number of aromatic nitrogens is 4. The van der Waals surface area contributed by atoms with Gasteiger partial charge in [-0.3, -0.25) is 24.0 Å². The average Bonchev–Trinajstić information content (AvgIpc) is 3.58. The van der Waals surface area contributed by atoms with Crippen molar-refractivity contribution in [3.8, 4) is 0 Å². The number of carbonyl (C=O) groups is 3. The number of aryl methyl sites for hydroxylation is 3. The van der Waals surface area contributed by atoms with E-state index in [-0.39, 0.29) is 23.9 Å². The molecule has 0 saturated heterocycles. The smallest absolute Gasteiger partial charge is 0.426 e. The second kappa shape index (κ2) is 19.5. The van der Waals surface area contributed by atoms with E-state index in [1.165, 1.54) is 23.3 Å². The van der Waals surface area contributed by atoms with Gasteiger partial charge >= 0.3 is 7.12 Å². The van der Waals surface area contributed by atoms with E-state index in [1.54, 1.807) is 19.3 Å². The van der Waals surface area contributed by atoms with Crippen LogP contribution in [0, 0.1) is 19.8 Å². The molecular weight excluding hydrogens is 673 g/mol. The van der Waals surface area contributed by atoms with Gasteiger partial charge in [-0.25, -0.2) is 4.98 Å². The van der Waals surface area contributed by atoms with Gasteiger partial charge in [0.15, 0.2) is 0 Å². The molecule has 2 unspecified atom stereocenters. The molecule has 3 amide bonds. The van der Waals surface area contributed by atoms with Crippen molar-refractivity contribution in [2.75, 3.05) is 5.32 Å². The summed E-state index contributed by atoms with van der Waals surface area (Å²) in [7, 11) is 0.0380. The number of nitrogens with one attached hydrogen (secondary N) is 3. The van der Waals surface area contributed by atoms with E-state index in [4.69, 9.17) is 0 Å². The molecule has 0 saturated carbocycles. The Hall–Kier alpha value is -6.06. The van der Waals surface area contributed by atoms with Crippen molar-refractivity contribution in [3.05, 3.63) is 132 Å². The van der Waals surface area contributed by atoms with Crippen molar-refractivity contribution in [1.82, 2.24) is 30.4 Å². The minimum atomic E-state index is -1.69. The standard InChI is InChI=1S/C19H25BN4O4.C19H19N5O/c1-13(2)10-17(20(27)28)24-18(25)15(11-14-6-4-3-5-7-14)23-19(26)16-12-21-8-9-22-16;1-13-6-4-5-7-17(13)23-22-15-8-9-16(14(2)12-15)21-19(25)18-10-11-20-24(18)3/h3-9,12-13,15,17,27-28H,10-11H2,1-2H3,(H,23,26)(H,24,25);4-12H,1-3H3,(H,21,25). The predicted octanol–water partition coefficient (Wildman–Crippen LogP) is 5.07. The highest BCUT2D eigenvalue weighted by molar-refractivity contribution is 6.43. The van der Waals surface area contributed by atoms with Crippen LogP contribution in [0.3, 0.4) is 0 Å². The van der Waals surface area contributed by atoms with Gasteiger partial charge < -0.3 is 26.0 Å². The summed E-state index contributed by atoms with van der Waals surface area (Å²) < 4.78 is 1.54. The number of hydrogen-bond acceptors (Lipinski definition) is 10. The van der Waals surface area contributed by atoms with Crippen molar-refractivity contribution >= 4 is 41.9 Å². The number of anilines is 1. The summed E-state index contributed by atoms with van der Waals surface area (Å²) in [5.41, 5.74) is 5.75. The van der Waals surface area contributed by atoms with Crippen LogP contribution < -0.4 is 16.0 Å². The Morgan fingerprint density at radius 1 is 0.849 bits per heavy atom. The molecule has 0 aliphatic carbocycles. The quantitative estimate of drug-likeness (QED) is 0.0823. The molecule has 5 rings (SSSR count). The first kappa shape index (κ1) is 39.7. The number of rotatable bonds is 13. The molecule has 53 heavy (non-hydrogen) atoms. The van der Waals surface area contributed by atoms with Gasteiger partial charge in [0, 0.05) is 37.7 Å². The first-order valence-corrected chi connectivity index (χ1v) is 17.1. The second-order valence-electron chi connectivity index (χ2n) is 12.7. The minimum Gasteiger partial charge on any atom is -0.426 e. The summed E-state index contributed by atoms with van der Waals surface area (Å²) in [5.74, 6) is -1.92. The Morgan fingerprint density at radius 3 is 2.21 bits per heavy atom. The maximum atomic E-state index is 12.8. The summed E-state index contributed by atoms with van der Waals surface area (Å²) >= 11 is 0. The van der Waals surface area contributed by atoms with Crippen molar-refractivity contribution < 1.29 is 24.4 Å². The Balaban J connectivity index is 0.000000238. The molecule has 2 aromatic heterocycles. The van der Waals surface area contributed by atoms with Gasteiger partial charge in [-0.15, -0.1) is 0 Å². The van der Waals surface area contributed by atoms with E-state index in [1.807, 2.05) is 100 Å². The lowest BCUT2D eigenvalue weighted by Crippen LogP contribution is -2.55. The van der Waals surface area contributed by atoms with Crippen LogP contribution in [-0.4, -0.2) is 66.6 Å². The Labute approximate surface area is 309 Å². The molecule has 15 heteroatoms. The fourth-order valence-corrected chi connectivity index (χ4v) is 5.17. The van der Waals surface area contributed by atoms with E-state index >= 15 is 0 Å². The monoisotopic (exact) mass is 717 g/mol. The third-order valence-corrected chi connectivity index (χ3v) is 8.01. The highest BCUT2D eigenvalue weighted by atomic mass is 16.4. The zero-order chi connectivity index (χ0) is 38.3. The van der Waals surface area contributed by atoms with Crippen molar-refractivity contribution in [2.45, 2.75) is 52.5 Å². The molecular formula is C38H44BN9O5. The van der Waals surface area contributed by atoms with Crippen LogP contribution >= 0.6 is 0 Å².